The van der Waals surface area contributed by atoms with Crippen molar-refractivity contribution in [2.45, 2.75) is 24.8 Å². The molecule has 0 bridgehead atoms. The molecule has 7 nitrogen and oxygen atoms in total. The van der Waals surface area contributed by atoms with Crippen molar-refractivity contribution in [2.24, 2.45) is 0 Å². The molecule has 2 aliphatic rings. The van der Waals surface area contributed by atoms with Gasteiger partial charge in [-0.15, -0.1) is 0 Å². The van der Waals surface area contributed by atoms with Gasteiger partial charge in [0.2, 0.25) is 0 Å². The van der Waals surface area contributed by atoms with Gasteiger partial charge in [-0.2, -0.15) is 0 Å². The zero-order valence-electron chi connectivity index (χ0n) is 20.9. The molecule has 0 spiro atoms. The minimum atomic E-state index is -0.447. The predicted molar refractivity (Wildman–Crippen MR) is 140 cm³/mol. The van der Waals surface area contributed by atoms with E-state index in [-0.39, 0.29) is 11.7 Å². The normalized spacial score (nSPS) is 18.7. The smallest absolute Gasteiger partial charge is 0.164 e. The summed E-state index contributed by atoms with van der Waals surface area (Å²) in [7, 11) is 6.46. The van der Waals surface area contributed by atoms with E-state index in [0.29, 0.717) is 35.7 Å². The number of hydrogen-bond acceptors (Lipinski definition) is 7. The van der Waals surface area contributed by atoms with Crippen LogP contribution in [0.4, 0.5) is 11.4 Å². The van der Waals surface area contributed by atoms with Crippen LogP contribution in [0.2, 0.25) is 0 Å². The quantitative estimate of drug-likeness (QED) is 0.463. The number of carbonyl (C=O) groups is 1. The Morgan fingerprint density at radius 1 is 0.694 bits per heavy atom. The van der Waals surface area contributed by atoms with E-state index in [1.807, 2.05) is 54.6 Å². The van der Waals surface area contributed by atoms with Gasteiger partial charge in [0.05, 0.1) is 45.9 Å². The number of anilines is 2. The van der Waals surface area contributed by atoms with Crippen LogP contribution in [0.25, 0.3) is 0 Å². The van der Waals surface area contributed by atoms with Gasteiger partial charge in [0.15, 0.2) is 17.3 Å². The first-order valence-corrected chi connectivity index (χ1v) is 11.9. The second kappa shape index (κ2) is 9.85. The first kappa shape index (κ1) is 23.6. The Morgan fingerprint density at radius 2 is 1.33 bits per heavy atom. The Morgan fingerprint density at radius 3 is 2.06 bits per heavy atom. The standard InChI is InChI=1S/C29H30N2O5/c1-33-24-12-8-5-9-18(24)17-13-22-28(23(32)14-17)29(31-21-11-7-6-10-20(21)30-22)19-15-26(35-3)27(36-4)16-25(19)34-2/h5-12,15-17,29-31H,13-14H2,1-4H3. The number of nitrogens with one attached hydrogen (secondary N) is 2. The van der Waals surface area contributed by atoms with Gasteiger partial charge in [-0.1, -0.05) is 30.3 Å². The molecular weight excluding hydrogens is 456 g/mol. The van der Waals surface area contributed by atoms with Gasteiger partial charge in [-0.25, -0.2) is 0 Å². The molecule has 3 aromatic rings. The van der Waals surface area contributed by atoms with Crippen molar-refractivity contribution in [3.63, 3.8) is 0 Å². The van der Waals surface area contributed by atoms with E-state index in [0.717, 1.165) is 33.9 Å². The fourth-order valence-electron chi connectivity index (χ4n) is 5.23. The molecule has 2 unspecified atom stereocenters. The number of fused-ring (bicyclic) bond motifs is 1. The minimum absolute atomic E-state index is 0.00175. The van der Waals surface area contributed by atoms with Crippen molar-refractivity contribution in [1.29, 1.82) is 0 Å². The molecule has 0 amide bonds. The summed E-state index contributed by atoms with van der Waals surface area (Å²) in [6.45, 7) is 0. The number of allylic oxidation sites excluding steroid dienone is 1. The lowest BCUT2D eigenvalue weighted by Gasteiger charge is -2.31. The number of rotatable bonds is 6. The maximum Gasteiger partial charge on any atom is 0.164 e. The molecule has 3 aromatic carbocycles. The molecule has 0 aromatic heterocycles. The largest absolute Gasteiger partial charge is 0.496 e. The lowest BCUT2D eigenvalue weighted by Crippen LogP contribution is -2.27. The highest BCUT2D eigenvalue weighted by molar-refractivity contribution is 6.01. The van der Waals surface area contributed by atoms with Crippen molar-refractivity contribution < 1.29 is 23.7 Å². The minimum Gasteiger partial charge on any atom is -0.496 e. The summed E-state index contributed by atoms with van der Waals surface area (Å²) in [6.07, 6.45) is 1.05. The summed E-state index contributed by atoms with van der Waals surface area (Å²) in [4.78, 5) is 13.9. The first-order valence-electron chi connectivity index (χ1n) is 11.9. The van der Waals surface area contributed by atoms with Crippen LogP contribution >= 0.6 is 0 Å². The third-order valence-corrected chi connectivity index (χ3v) is 6.93. The third-order valence-electron chi connectivity index (χ3n) is 6.93. The lowest BCUT2D eigenvalue weighted by molar-refractivity contribution is -0.116. The molecule has 1 heterocycles. The van der Waals surface area contributed by atoms with Crippen LogP contribution in [0.15, 0.2) is 71.9 Å². The van der Waals surface area contributed by atoms with E-state index < -0.39 is 6.04 Å². The number of ether oxygens (including phenoxy) is 4. The molecule has 5 rings (SSSR count). The van der Waals surface area contributed by atoms with E-state index in [1.54, 1.807) is 34.5 Å². The maximum absolute atomic E-state index is 13.9. The van der Waals surface area contributed by atoms with Crippen LogP contribution in [0, 0.1) is 0 Å². The van der Waals surface area contributed by atoms with Crippen LogP contribution in [0.5, 0.6) is 23.0 Å². The van der Waals surface area contributed by atoms with Crippen molar-refractivity contribution in [2.75, 3.05) is 39.1 Å². The van der Waals surface area contributed by atoms with Gasteiger partial charge in [0, 0.05) is 35.2 Å². The fraction of sp³-hybridized carbons (Fsp3) is 0.276. The van der Waals surface area contributed by atoms with E-state index in [4.69, 9.17) is 18.9 Å². The molecule has 0 radical (unpaired) electrons. The molecule has 7 heteroatoms. The van der Waals surface area contributed by atoms with Crippen LogP contribution in [0.1, 0.15) is 35.9 Å². The molecule has 1 aliphatic heterocycles. The van der Waals surface area contributed by atoms with Crippen LogP contribution < -0.4 is 29.6 Å². The molecule has 186 valence electrons. The Kier molecular flexibility index (Phi) is 6.46. The number of Topliss-reactive ketones (excluding diaryl/α,β-unsaturated/α-hetero) is 1. The fourth-order valence-corrected chi connectivity index (χ4v) is 5.23. The number of hydrogen-bond donors (Lipinski definition) is 2. The zero-order valence-corrected chi connectivity index (χ0v) is 20.9. The predicted octanol–water partition coefficient (Wildman–Crippen LogP) is 5.70. The summed E-state index contributed by atoms with van der Waals surface area (Å²) in [5.74, 6) is 2.60. The molecule has 0 saturated heterocycles. The summed E-state index contributed by atoms with van der Waals surface area (Å²) >= 11 is 0. The highest BCUT2D eigenvalue weighted by atomic mass is 16.5. The zero-order chi connectivity index (χ0) is 25.2. The Balaban J connectivity index is 1.67. The van der Waals surface area contributed by atoms with E-state index in [9.17, 15) is 4.79 Å². The highest BCUT2D eigenvalue weighted by Gasteiger charge is 2.38. The highest BCUT2D eigenvalue weighted by Crippen LogP contribution is 2.48. The number of benzene rings is 3. The van der Waals surface area contributed by atoms with Gasteiger partial charge < -0.3 is 29.6 Å². The van der Waals surface area contributed by atoms with E-state index in [1.165, 1.54) is 0 Å². The van der Waals surface area contributed by atoms with E-state index in [2.05, 4.69) is 10.6 Å². The van der Waals surface area contributed by atoms with Gasteiger partial charge in [0.1, 0.15) is 11.5 Å². The van der Waals surface area contributed by atoms with Gasteiger partial charge in [-0.05, 0) is 36.2 Å². The SMILES string of the molecule is COc1cc(OC)c(C2Nc3ccccc3NC3=C2C(=O)CC(c2ccccc2OC)C3)cc1OC. The second-order valence-corrected chi connectivity index (χ2v) is 8.86. The molecule has 0 saturated carbocycles. The summed E-state index contributed by atoms with van der Waals surface area (Å²) < 4.78 is 22.5. The Bertz CT molecular complexity index is 1330. The molecule has 2 N–H and O–H groups in total. The second-order valence-electron chi connectivity index (χ2n) is 8.86. The Hall–Kier alpha value is -4.13. The monoisotopic (exact) mass is 486 g/mol. The topological polar surface area (TPSA) is 78.1 Å². The van der Waals surface area contributed by atoms with Crippen LogP contribution in [-0.4, -0.2) is 34.2 Å². The Labute approximate surface area is 211 Å². The number of methoxy groups -OCH3 is 4. The van der Waals surface area contributed by atoms with E-state index >= 15 is 0 Å². The van der Waals surface area contributed by atoms with Crippen LogP contribution in [-0.2, 0) is 4.79 Å². The number of ketones is 1. The summed E-state index contributed by atoms with van der Waals surface area (Å²) in [6, 6.07) is 19.1. The number of carbonyl (C=O) groups excluding carboxylic acids is 1. The molecule has 0 fully saturated rings. The van der Waals surface area contributed by atoms with Crippen LogP contribution in [0.3, 0.4) is 0 Å². The van der Waals surface area contributed by atoms with Gasteiger partial charge in [-0.3, -0.25) is 4.79 Å². The lowest BCUT2D eigenvalue weighted by atomic mass is 9.78. The summed E-state index contributed by atoms with van der Waals surface area (Å²) in [5.41, 5.74) is 5.23. The maximum atomic E-state index is 13.9. The number of para-hydroxylation sites is 3. The van der Waals surface area contributed by atoms with Gasteiger partial charge in [0.25, 0.3) is 0 Å². The van der Waals surface area contributed by atoms with Crippen molar-refractivity contribution in [3.05, 3.63) is 83.1 Å². The van der Waals surface area contributed by atoms with Crippen molar-refractivity contribution in [1.82, 2.24) is 0 Å². The van der Waals surface area contributed by atoms with Gasteiger partial charge >= 0.3 is 0 Å². The third kappa shape index (κ3) is 4.11. The average Bonchev–Trinajstić information content (AvgIpc) is 3.09. The van der Waals surface area contributed by atoms with Crippen molar-refractivity contribution in [3.8, 4) is 23.0 Å². The first-order chi connectivity index (χ1) is 17.6. The summed E-state index contributed by atoms with van der Waals surface area (Å²) in [5, 5.41) is 7.18. The van der Waals surface area contributed by atoms with Crippen molar-refractivity contribution >= 4 is 17.2 Å². The average molecular weight is 487 g/mol. The molecule has 36 heavy (non-hydrogen) atoms. The molecule has 2 atom stereocenters. The molecule has 1 aliphatic carbocycles. The molecular formula is C29H30N2O5.